The lowest BCUT2D eigenvalue weighted by atomic mass is 9.82. The van der Waals surface area contributed by atoms with E-state index in [0.29, 0.717) is 18.4 Å². The van der Waals surface area contributed by atoms with Gasteiger partial charge in [-0.2, -0.15) is 5.10 Å². The molecule has 1 saturated carbocycles. The van der Waals surface area contributed by atoms with E-state index >= 15 is 0 Å². The van der Waals surface area contributed by atoms with Crippen LogP contribution in [-0.4, -0.2) is 40.3 Å². The molecule has 1 aromatic heterocycles. The zero-order chi connectivity index (χ0) is 22.3. The van der Waals surface area contributed by atoms with Crippen LogP contribution < -0.4 is 0 Å². The highest BCUT2D eigenvalue weighted by molar-refractivity contribution is 7.98. The highest BCUT2D eigenvalue weighted by Crippen LogP contribution is 2.40. The first-order valence-corrected chi connectivity index (χ1v) is 12.4. The van der Waals surface area contributed by atoms with E-state index in [2.05, 4.69) is 65.5 Å². The molecule has 4 rings (SSSR count). The molecule has 0 unspecified atom stereocenters. The Bertz CT molecular complexity index is 1010. The average Bonchev–Trinajstić information content (AvgIpc) is 3.19. The van der Waals surface area contributed by atoms with Crippen LogP contribution >= 0.6 is 11.8 Å². The summed E-state index contributed by atoms with van der Waals surface area (Å²) < 4.78 is 7.55. The quantitative estimate of drug-likeness (QED) is 0.415. The third-order valence-electron chi connectivity index (χ3n) is 6.20. The Labute approximate surface area is 193 Å². The minimum Gasteiger partial charge on any atom is -0.480 e. The van der Waals surface area contributed by atoms with Crippen LogP contribution in [0.15, 0.2) is 65.7 Å². The van der Waals surface area contributed by atoms with Gasteiger partial charge in [-0.25, -0.2) is 4.79 Å². The Morgan fingerprint density at radius 3 is 2.19 bits per heavy atom. The van der Waals surface area contributed by atoms with Crippen molar-refractivity contribution >= 4 is 17.7 Å². The number of hydrogen-bond donors (Lipinski definition) is 1. The van der Waals surface area contributed by atoms with E-state index in [-0.39, 0.29) is 6.61 Å². The number of aliphatic carboxylic acids is 1. The molecule has 0 aliphatic heterocycles. The van der Waals surface area contributed by atoms with Gasteiger partial charge in [-0.1, -0.05) is 60.7 Å². The minimum absolute atomic E-state index is 0.201. The number of rotatable bonds is 9. The Kier molecular flexibility index (Phi) is 7.66. The normalized spacial score (nSPS) is 18.5. The molecule has 32 heavy (non-hydrogen) atoms. The number of carboxylic acid groups (broad SMARTS) is 1. The molecule has 1 aliphatic rings. The largest absolute Gasteiger partial charge is 0.480 e. The fraction of sp³-hybridized carbons (Fsp3) is 0.385. The molecule has 1 N–H and O–H groups in total. The smallest absolute Gasteiger partial charge is 0.329 e. The molecule has 0 radical (unpaired) electrons. The highest BCUT2D eigenvalue weighted by Gasteiger charge is 2.26. The first-order chi connectivity index (χ1) is 15.7. The van der Waals surface area contributed by atoms with Crippen LogP contribution in [0.2, 0.25) is 0 Å². The van der Waals surface area contributed by atoms with Gasteiger partial charge >= 0.3 is 5.97 Å². The van der Waals surface area contributed by atoms with Crippen molar-refractivity contribution in [3.05, 3.63) is 60.7 Å². The van der Waals surface area contributed by atoms with Gasteiger partial charge in [0.25, 0.3) is 0 Å². The Morgan fingerprint density at radius 2 is 1.59 bits per heavy atom. The summed E-state index contributed by atoms with van der Waals surface area (Å²) in [6.45, 7) is 1.24. The molecule has 0 bridgehead atoms. The van der Waals surface area contributed by atoms with Gasteiger partial charge in [-0.05, 0) is 49.3 Å². The van der Waals surface area contributed by atoms with Gasteiger partial charge in [0.05, 0.1) is 12.3 Å². The number of aromatic nitrogens is 2. The molecule has 3 aromatic rings. The molecule has 2 aromatic carbocycles. The van der Waals surface area contributed by atoms with E-state index in [1.54, 1.807) is 11.8 Å². The third kappa shape index (κ3) is 5.43. The van der Waals surface area contributed by atoms with Crippen LogP contribution in [0, 0.1) is 11.8 Å². The predicted octanol–water partition coefficient (Wildman–Crippen LogP) is 5.85. The van der Waals surface area contributed by atoms with E-state index in [0.717, 1.165) is 37.3 Å². The molecular formula is C26H30N2O3S. The molecule has 5 nitrogen and oxygen atoms in total. The van der Waals surface area contributed by atoms with E-state index in [4.69, 9.17) is 14.9 Å². The number of nitrogens with zero attached hydrogens (tertiary/aromatic N) is 2. The van der Waals surface area contributed by atoms with Gasteiger partial charge in [0, 0.05) is 17.7 Å². The van der Waals surface area contributed by atoms with Crippen LogP contribution in [0.5, 0.6) is 0 Å². The number of carbonyl (C=O) groups is 1. The van der Waals surface area contributed by atoms with E-state index in [1.165, 1.54) is 22.4 Å². The van der Waals surface area contributed by atoms with Crippen LogP contribution in [0.4, 0.5) is 0 Å². The van der Waals surface area contributed by atoms with Crippen LogP contribution in [0.25, 0.3) is 22.4 Å². The second-order valence-corrected chi connectivity index (χ2v) is 9.24. The molecule has 0 saturated heterocycles. The van der Waals surface area contributed by atoms with Crippen molar-refractivity contribution in [2.45, 2.75) is 37.3 Å². The predicted molar refractivity (Wildman–Crippen MR) is 129 cm³/mol. The maximum absolute atomic E-state index is 10.7. The zero-order valence-corrected chi connectivity index (χ0v) is 19.3. The number of ether oxygens (including phenoxy) is 1. The average molecular weight is 451 g/mol. The van der Waals surface area contributed by atoms with Gasteiger partial charge in [0.1, 0.15) is 11.6 Å². The third-order valence-corrected chi connectivity index (χ3v) is 6.87. The first kappa shape index (κ1) is 22.6. The van der Waals surface area contributed by atoms with Crippen molar-refractivity contribution in [3.8, 4) is 22.4 Å². The first-order valence-electron chi connectivity index (χ1n) is 11.2. The monoisotopic (exact) mass is 450 g/mol. The topological polar surface area (TPSA) is 64.4 Å². The Balaban J connectivity index is 1.56. The SMILES string of the molecule is CSc1nn(C[C@H]2CC[C@@H](COCC(=O)O)CC2)c(-c2ccccc2)c1-c1ccccc1. The maximum atomic E-state index is 10.7. The summed E-state index contributed by atoms with van der Waals surface area (Å²) >= 11 is 1.70. The van der Waals surface area contributed by atoms with Crippen LogP contribution in [-0.2, 0) is 16.1 Å². The van der Waals surface area contributed by atoms with E-state index in [1.807, 2.05) is 6.07 Å². The molecule has 0 spiro atoms. The van der Waals surface area contributed by atoms with Gasteiger partial charge in [-0.15, -0.1) is 11.8 Å². The van der Waals surface area contributed by atoms with Crippen molar-refractivity contribution in [1.29, 1.82) is 0 Å². The summed E-state index contributed by atoms with van der Waals surface area (Å²) in [4.78, 5) is 10.7. The standard InChI is InChI=1S/C26H30N2O3S/c1-32-26-24(21-8-4-2-5-9-21)25(22-10-6-3-7-11-22)28(27-26)16-19-12-14-20(15-13-19)17-31-18-23(29)30/h2-11,19-20H,12-18H2,1H3,(H,29,30)/t19-,20+. The molecule has 1 fully saturated rings. The Morgan fingerprint density at radius 1 is 1.00 bits per heavy atom. The lowest BCUT2D eigenvalue weighted by molar-refractivity contribution is -0.142. The fourth-order valence-corrected chi connectivity index (χ4v) is 5.21. The van der Waals surface area contributed by atoms with Crippen molar-refractivity contribution < 1.29 is 14.6 Å². The minimum atomic E-state index is -0.898. The second-order valence-electron chi connectivity index (χ2n) is 8.44. The van der Waals surface area contributed by atoms with E-state index < -0.39 is 5.97 Å². The molecule has 6 heteroatoms. The van der Waals surface area contributed by atoms with Crippen molar-refractivity contribution in [2.75, 3.05) is 19.5 Å². The number of carboxylic acids is 1. The fourth-order valence-electron chi connectivity index (χ4n) is 4.61. The number of thioether (sulfide) groups is 1. The molecule has 1 heterocycles. The van der Waals surface area contributed by atoms with Crippen LogP contribution in [0.1, 0.15) is 25.7 Å². The number of benzene rings is 2. The summed E-state index contributed by atoms with van der Waals surface area (Å²) in [6, 6.07) is 21.1. The summed E-state index contributed by atoms with van der Waals surface area (Å²) in [6.07, 6.45) is 6.48. The van der Waals surface area contributed by atoms with Gasteiger partial charge in [0.15, 0.2) is 0 Å². The zero-order valence-electron chi connectivity index (χ0n) is 18.4. The van der Waals surface area contributed by atoms with Crippen molar-refractivity contribution in [3.63, 3.8) is 0 Å². The Hall–Kier alpha value is -2.57. The lowest BCUT2D eigenvalue weighted by Gasteiger charge is -2.28. The number of hydrogen-bond acceptors (Lipinski definition) is 4. The van der Waals surface area contributed by atoms with Gasteiger partial charge < -0.3 is 9.84 Å². The summed E-state index contributed by atoms with van der Waals surface area (Å²) in [5.41, 5.74) is 4.78. The summed E-state index contributed by atoms with van der Waals surface area (Å²) in [5, 5.41) is 14.9. The lowest BCUT2D eigenvalue weighted by Crippen LogP contribution is -2.23. The summed E-state index contributed by atoms with van der Waals surface area (Å²) in [7, 11) is 0. The van der Waals surface area contributed by atoms with Crippen molar-refractivity contribution in [2.24, 2.45) is 11.8 Å². The molecular weight excluding hydrogens is 420 g/mol. The van der Waals surface area contributed by atoms with E-state index in [9.17, 15) is 4.79 Å². The molecule has 168 valence electrons. The van der Waals surface area contributed by atoms with Crippen LogP contribution in [0.3, 0.4) is 0 Å². The molecule has 1 aliphatic carbocycles. The molecule has 0 atom stereocenters. The van der Waals surface area contributed by atoms with Crippen molar-refractivity contribution in [1.82, 2.24) is 9.78 Å². The maximum Gasteiger partial charge on any atom is 0.329 e. The molecule has 0 amide bonds. The highest BCUT2D eigenvalue weighted by atomic mass is 32.2. The van der Waals surface area contributed by atoms with Gasteiger partial charge in [0.2, 0.25) is 0 Å². The second kappa shape index (κ2) is 10.8. The summed E-state index contributed by atoms with van der Waals surface area (Å²) in [5.74, 6) is 0.120. The van der Waals surface area contributed by atoms with Gasteiger partial charge in [-0.3, -0.25) is 4.68 Å².